The summed E-state index contributed by atoms with van der Waals surface area (Å²) in [5, 5.41) is 11.7. The second-order valence-corrected chi connectivity index (χ2v) is 12.6. The van der Waals surface area contributed by atoms with E-state index >= 15 is 0 Å². The van der Waals surface area contributed by atoms with E-state index < -0.39 is 12.1 Å². The molecule has 0 aliphatic carbocycles. The van der Waals surface area contributed by atoms with Crippen LogP contribution in [0.15, 0.2) is 24.3 Å². The standard InChI is InChI=1S/C29H48N4O4S2.CH3NO/c1-7-21(4)27(33-28(36)25(30-6)15-20(2)3)29(37)31-12-14-39-19-24-10-8-9-23(16-24)18-38-13-11-26(35)32-22(5)17-34;2-1-3/h8-10,16-17,20-22,25,27,30H,7,11-15,18-19H2,1-6H3,(H,31,37)(H,32,35)(H,33,36);1H,(H2,2,3)/t21-,22-,25-,27-;/m0./s1. The SMILES string of the molecule is CC[C@H](C)[C@H](NC(=O)[C@H](CC(C)C)NC)C(=O)NCCSCc1cccc(CSCCC(=O)N[C@@H](C)C=O)c1.NC=O. The van der Waals surface area contributed by atoms with Crippen LogP contribution in [0.5, 0.6) is 0 Å². The molecule has 0 saturated carbocycles. The van der Waals surface area contributed by atoms with Gasteiger partial charge in [0.15, 0.2) is 0 Å². The number of carbonyl (C=O) groups excluding carboxylic acids is 5. The molecule has 4 atom stereocenters. The number of nitrogens with one attached hydrogen (secondary N) is 4. The van der Waals surface area contributed by atoms with Gasteiger partial charge in [0.1, 0.15) is 12.3 Å². The van der Waals surface area contributed by atoms with Crippen molar-refractivity contribution in [3.8, 4) is 0 Å². The first-order valence-electron chi connectivity index (χ1n) is 14.4. The molecule has 238 valence electrons. The average Bonchev–Trinajstić information content (AvgIpc) is 2.96. The number of primary amides is 1. The third-order valence-corrected chi connectivity index (χ3v) is 8.37. The minimum atomic E-state index is -0.552. The lowest BCUT2D eigenvalue weighted by molar-refractivity contribution is -0.131. The van der Waals surface area contributed by atoms with E-state index in [1.165, 1.54) is 11.1 Å². The molecule has 12 heteroatoms. The topological polar surface area (TPSA) is 159 Å². The zero-order chi connectivity index (χ0) is 31.9. The van der Waals surface area contributed by atoms with Crippen molar-refractivity contribution >= 4 is 53.9 Å². The summed E-state index contributed by atoms with van der Waals surface area (Å²) in [5.74, 6) is 3.16. The first-order valence-corrected chi connectivity index (χ1v) is 16.7. The Hall–Kier alpha value is -2.57. The molecule has 0 aliphatic heterocycles. The van der Waals surface area contributed by atoms with Crippen LogP contribution in [0.2, 0.25) is 0 Å². The fourth-order valence-corrected chi connectivity index (χ4v) is 5.55. The van der Waals surface area contributed by atoms with Gasteiger partial charge >= 0.3 is 0 Å². The summed E-state index contributed by atoms with van der Waals surface area (Å²) in [5.41, 5.74) is 6.59. The molecule has 1 aromatic carbocycles. The molecule has 0 spiro atoms. The molecule has 0 unspecified atom stereocenters. The molecule has 0 aliphatic rings. The first kappa shape index (κ1) is 39.4. The summed E-state index contributed by atoms with van der Waals surface area (Å²) in [6, 6.07) is 7.09. The van der Waals surface area contributed by atoms with E-state index in [4.69, 9.17) is 4.79 Å². The Morgan fingerprint density at radius 3 is 2.07 bits per heavy atom. The number of likely N-dealkylation sites (N-methyl/N-ethyl adjacent to an activating group) is 1. The van der Waals surface area contributed by atoms with Crippen molar-refractivity contribution in [2.45, 2.75) is 83.5 Å². The summed E-state index contributed by atoms with van der Waals surface area (Å²) < 4.78 is 0. The zero-order valence-electron chi connectivity index (χ0n) is 25.9. The van der Waals surface area contributed by atoms with Crippen molar-refractivity contribution in [1.82, 2.24) is 21.3 Å². The highest BCUT2D eigenvalue weighted by atomic mass is 32.2. The monoisotopic (exact) mass is 625 g/mol. The molecule has 6 N–H and O–H groups in total. The molecule has 10 nitrogen and oxygen atoms in total. The number of carbonyl (C=O) groups is 5. The van der Waals surface area contributed by atoms with Gasteiger partial charge in [0.05, 0.1) is 12.1 Å². The third-order valence-electron chi connectivity index (χ3n) is 6.31. The minimum Gasteiger partial charge on any atom is -0.372 e. The van der Waals surface area contributed by atoms with Crippen LogP contribution in [0.25, 0.3) is 0 Å². The van der Waals surface area contributed by atoms with Crippen molar-refractivity contribution in [2.75, 3.05) is 25.1 Å². The maximum absolute atomic E-state index is 12.9. The molecule has 0 saturated heterocycles. The average molecular weight is 626 g/mol. The summed E-state index contributed by atoms with van der Waals surface area (Å²) in [4.78, 5) is 56.7. The number of hydrogen-bond acceptors (Lipinski definition) is 8. The minimum absolute atomic E-state index is 0.0352. The highest BCUT2D eigenvalue weighted by molar-refractivity contribution is 7.98. The Balaban J connectivity index is 0.00000535. The predicted molar refractivity (Wildman–Crippen MR) is 174 cm³/mol. The smallest absolute Gasteiger partial charge is 0.242 e. The number of aldehydes is 1. The maximum Gasteiger partial charge on any atom is 0.242 e. The van der Waals surface area contributed by atoms with Gasteiger partial charge in [-0.3, -0.25) is 19.2 Å². The third kappa shape index (κ3) is 18.1. The summed E-state index contributed by atoms with van der Waals surface area (Å²) in [6.07, 6.45) is 2.87. The van der Waals surface area contributed by atoms with Gasteiger partial charge in [-0.1, -0.05) is 58.4 Å². The fourth-order valence-electron chi connectivity index (χ4n) is 3.85. The molecule has 4 amide bonds. The summed E-state index contributed by atoms with van der Waals surface area (Å²) in [6.45, 7) is 10.4. The van der Waals surface area contributed by atoms with Crippen LogP contribution in [-0.2, 0) is 35.5 Å². The van der Waals surface area contributed by atoms with E-state index in [1.54, 1.807) is 37.5 Å². The van der Waals surface area contributed by atoms with Crippen LogP contribution >= 0.6 is 23.5 Å². The molecule has 0 bridgehead atoms. The van der Waals surface area contributed by atoms with Crippen molar-refractivity contribution in [3.05, 3.63) is 35.4 Å². The van der Waals surface area contributed by atoms with Crippen LogP contribution in [0, 0.1) is 11.8 Å². The van der Waals surface area contributed by atoms with Crippen LogP contribution in [0.4, 0.5) is 0 Å². The van der Waals surface area contributed by atoms with E-state index in [0.29, 0.717) is 31.1 Å². The molecule has 0 heterocycles. The highest BCUT2D eigenvalue weighted by Crippen LogP contribution is 2.18. The quantitative estimate of drug-likeness (QED) is 0.109. The largest absolute Gasteiger partial charge is 0.372 e. The van der Waals surface area contributed by atoms with Gasteiger partial charge in [-0.15, -0.1) is 0 Å². The van der Waals surface area contributed by atoms with Crippen molar-refractivity contribution < 1.29 is 24.0 Å². The Kier molecular flexibility index (Phi) is 22.5. The van der Waals surface area contributed by atoms with E-state index in [-0.39, 0.29) is 36.1 Å². The number of hydrogen-bond donors (Lipinski definition) is 5. The molecule has 0 aromatic heterocycles. The van der Waals surface area contributed by atoms with E-state index in [9.17, 15) is 19.2 Å². The molecule has 0 radical (unpaired) electrons. The zero-order valence-corrected chi connectivity index (χ0v) is 27.6. The molecule has 1 rings (SSSR count). The lowest BCUT2D eigenvalue weighted by Gasteiger charge is -2.26. The van der Waals surface area contributed by atoms with Gasteiger partial charge in [0.2, 0.25) is 24.1 Å². The van der Waals surface area contributed by atoms with Gasteiger partial charge in [0.25, 0.3) is 0 Å². The predicted octanol–water partition coefficient (Wildman–Crippen LogP) is 2.63. The lowest BCUT2D eigenvalue weighted by Crippen LogP contribution is -2.55. The molecular formula is C30H51N5O5S2. The fraction of sp³-hybridized carbons (Fsp3) is 0.633. The van der Waals surface area contributed by atoms with E-state index in [0.717, 1.165) is 30.0 Å². The second-order valence-electron chi connectivity index (χ2n) is 10.4. The normalized spacial score (nSPS) is 13.5. The van der Waals surface area contributed by atoms with Crippen LogP contribution in [0.1, 0.15) is 65.0 Å². The number of benzene rings is 1. The highest BCUT2D eigenvalue weighted by Gasteiger charge is 2.28. The van der Waals surface area contributed by atoms with Crippen molar-refractivity contribution in [1.29, 1.82) is 0 Å². The summed E-state index contributed by atoms with van der Waals surface area (Å²) in [7, 11) is 1.77. The van der Waals surface area contributed by atoms with E-state index in [1.807, 2.05) is 19.9 Å². The Morgan fingerprint density at radius 1 is 0.952 bits per heavy atom. The molecular weight excluding hydrogens is 574 g/mol. The van der Waals surface area contributed by atoms with Crippen molar-refractivity contribution in [2.24, 2.45) is 17.6 Å². The van der Waals surface area contributed by atoms with Gasteiger partial charge in [-0.05, 0) is 43.4 Å². The molecule has 1 aromatic rings. The van der Waals surface area contributed by atoms with Crippen LogP contribution in [-0.4, -0.2) is 73.6 Å². The Bertz CT molecular complexity index is 950. The maximum atomic E-state index is 12.9. The van der Waals surface area contributed by atoms with Crippen molar-refractivity contribution in [3.63, 3.8) is 0 Å². The number of thioether (sulfide) groups is 2. The molecule has 0 fully saturated rings. The van der Waals surface area contributed by atoms with Crippen LogP contribution in [0.3, 0.4) is 0 Å². The first-order chi connectivity index (χ1) is 20.0. The number of rotatable bonds is 20. The second kappa shape index (κ2) is 23.9. The van der Waals surface area contributed by atoms with Gasteiger partial charge in [0, 0.05) is 36.0 Å². The van der Waals surface area contributed by atoms with Crippen LogP contribution < -0.4 is 27.0 Å². The van der Waals surface area contributed by atoms with Gasteiger partial charge in [-0.2, -0.15) is 23.5 Å². The number of amides is 4. The Morgan fingerprint density at radius 2 is 1.55 bits per heavy atom. The summed E-state index contributed by atoms with van der Waals surface area (Å²) >= 11 is 3.44. The van der Waals surface area contributed by atoms with Gasteiger partial charge < -0.3 is 31.8 Å². The molecule has 42 heavy (non-hydrogen) atoms. The van der Waals surface area contributed by atoms with E-state index in [2.05, 4.69) is 59.0 Å². The number of nitrogens with two attached hydrogens (primary N) is 1. The Labute approximate surface area is 260 Å². The van der Waals surface area contributed by atoms with Gasteiger partial charge in [-0.25, -0.2) is 0 Å². The lowest BCUT2D eigenvalue weighted by atomic mass is 9.97.